The second-order valence-corrected chi connectivity index (χ2v) is 6.80. The highest BCUT2D eigenvalue weighted by Gasteiger charge is 2.40. The summed E-state index contributed by atoms with van der Waals surface area (Å²) in [5, 5.41) is 10.6. The summed E-state index contributed by atoms with van der Waals surface area (Å²) in [6.45, 7) is 0. The first-order valence-electron chi connectivity index (χ1n) is 4.91. The molecule has 2 heterocycles. The fourth-order valence-corrected chi connectivity index (χ4v) is 4.03. The van der Waals surface area contributed by atoms with Gasteiger partial charge in [-0.25, -0.2) is 8.42 Å². The largest absolute Gasteiger partial charge is 0.388 e. The van der Waals surface area contributed by atoms with Crippen LogP contribution >= 0.6 is 11.6 Å². The first-order valence-corrected chi connectivity index (χ1v) is 7.11. The van der Waals surface area contributed by atoms with Gasteiger partial charge in [0.05, 0.1) is 22.1 Å². The minimum absolute atomic E-state index is 0.0478. The molecule has 0 aromatic carbocycles. The second kappa shape index (κ2) is 3.98. The van der Waals surface area contributed by atoms with Crippen molar-refractivity contribution in [2.45, 2.75) is 18.4 Å². The van der Waals surface area contributed by atoms with Gasteiger partial charge in [0.2, 0.25) is 0 Å². The molecule has 1 aliphatic heterocycles. The number of rotatable bonds is 2. The monoisotopic (exact) mass is 261 g/mol. The summed E-state index contributed by atoms with van der Waals surface area (Å²) in [5.74, 6) is -0.134. The van der Waals surface area contributed by atoms with Crippen LogP contribution in [0.4, 0.5) is 0 Å². The highest BCUT2D eigenvalue weighted by Crippen LogP contribution is 2.29. The highest BCUT2D eigenvalue weighted by atomic mass is 35.5. The lowest BCUT2D eigenvalue weighted by Gasteiger charge is -2.20. The van der Waals surface area contributed by atoms with Crippen LogP contribution < -0.4 is 0 Å². The molecule has 4 nitrogen and oxygen atoms in total. The Morgan fingerprint density at radius 2 is 2.31 bits per heavy atom. The van der Waals surface area contributed by atoms with Gasteiger partial charge in [0.1, 0.15) is 0 Å². The average Bonchev–Trinajstić information content (AvgIpc) is 2.45. The quantitative estimate of drug-likeness (QED) is 0.856. The minimum atomic E-state index is -3.10. The van der Waals surface area contributed by atoms with Crippen molar-refractivity contribution >= 4 is 21.4 Å². The van der Waals surface area contributed by atoms with Crippen molar-refractivity contribution in [1.29, 1.82) is 0 Å². The molecule has 88 valence electrons. The Morgan fingerprint density at radius 1 is 1.56 bits per heavy atom. The van der Waals surface area contributed by atoms with Crippen LogP contribution in [-0.4, -0.2) is 35.6 Å². The topological polar surface area (TPSA) is 67.3 Å². The summed E-state index contributed by atoms with van der Waals surface area (Å²) < 4.78 is 22.6. The minimum Gasteiger partial charge on any atom is -0.388 e. The average molecular weight is 262 g/mol. The smallest absolute Gasteiger partial charge is 0.153 e. The molecule has 1 atom stereocenters. The van der Waals surface area contributed by atoms with Crippen molar-refractivity contribution in [3.05, 3.63) is 29.0 Å². The predicted molar refractivity (Wildman–Crippen MR) is 61.2 cm³/mol. The van der Waals surface area contributed by atoms with Crippen molar-refractivity contribution in [1.82, 2.24) is 4.98 Å². The third-order valence-corrected chi connectivity index (χ3v) is 4.89. The van der Waals surface area contributed by atoms with Crippen molar-refractivity contribution < 1.29 is 13.5 Å². The van der Waals surface area contributed by atoms with Crippen molar-refractivity contribution in [3.8, 4) is 0 Å². The van der Waals surface area contributed by atoms with E-state index in [1.807, 2.05) is 0 Å². The number of pyridine rings is 1. The van der Waals surface area contributed by atoms with Crippen LogP contribution in [-0.2, 0) is 16.3 Å². The number of hydrogen-bond acceptors (Lipinski definition) is 4. The normalized spacial score (nSPS) is 28.1. The Bertz CT molecular complexity index is 503. The third kappa shape index (κ3) is 2.53. The van der Waals surface area contributed by atoms with Gasteiger partial charge in [0.25, 0.3) is 0 Å². The Balaban J connectivity index is 2.20. The summed E-state index contributed by atoms with van der Waals surface area (Å²) in [6, 6.07) is 1.70. The molecule has 0 amide bonds. The Morgan fingerprint density at radius 3 is 2.88 bits per heavy atom. The Labute approximate surface area is 99.2 Å². The summed E-state index contributed by atoms with van der Waals surface area (Å²) >= 11 is 5.91. The molecule has 0 spiro atoms. The van der Waals surface area contributed by atoms with Gasteiger partial charge in [-0.15, -0.1) is 0 Å². The van der Waals surface area contributed by atoms with Gasteiger partial charge < -0.3 is 5.11 Å². The first-order chi connectivity index (χ1) is 7.40. The molecule has 0 aliphatic carbocycles. The number of sulfone groups is 1. The van der Waals surface area contributed by atoms with E-state index in [1.165, 1.54) is 6.20 Å². The van der Waals surface area contributed by atoms with Gasteiger partial charge in [-0.3, -0.25) is 4.98 Å². The molecule has 1 saturated heterocycles. The maximum atomic E-state index is 11.3. The lowest BCUT2D eigenvalue weighted by molar-refractivity contribution is 0.0682. The molecule has 0 saturated carbocycles. The van der Waals surface area contributed by atoms with Crippen LogP contribution in [0.3, 0.4) is 0 Å². The molecule has 1 N–H and O–H groups in total. The molecule has 16 heavy (non-hydrogen) atoms. The van der Waals surface area contributed by atoms with E-state index in [-0.39, 0.29) is 24.3 Å². The molecule has 0 radical (unpaired) electrons. The van der Waals surface area contributed by atoms with Gasteiger partial charge in [0.15, 0.2) is 9.84 Å². The maximum absolute atomic E-state index is 11.3. The van der Waals surface area contributed by atoms with Crippen LogP contribution in [0.15, 0.2) is 18.5 Å². The van der Waals surface area contributed by atoms with E-state index >= 15 is 0 Å². The zero-order valence-electron chi connectivity index (χ0n) is 8.56. The van der Waals surface area contributed by atoms with Crippen LogP contribution in [0.2, 0.25) is 5.02 Å². The van der Waals surface area contributed by atoms with E-state index in [2.05, 4.69) is 4.98 Å². The fraction of sp³-hybridized carbons (Fsp3) is 0.500. The van der Waals surface area contributed by atoms with E-state index in [4.69, 9.17) is 11.6 Å². The molecule has 1 unspecified atom stereocenters. The summed E-state index contributed by atoms with van der Waals surface area (Å²) in [4.78, 5) is 3.84. The number of nitrogens with zero attached hydrogens (tertiary/aromatic N) is 1. The molecule has 1 aromatic heterocycles. The lowest BCUT2D eigenvalue weighted by atomic mass is 9.95. The van der Waals surface area contributed by atoms with E-state index in [1.54, 1.807) is 12.3 Å². The molecule has 1 fully saturated rings. The standard InChI is InChI=1S/C10H12ClNO3S/c11-9-6-12-3-1-8(9)5-10(13)2-4-16(14,15)7-10/h1,3,6,13H,2,4-5,7H2. The highest BCUT2D eigenvalue weighted by molar-refractivity contribution is 7.91. The zero-order chi connectivity index (χ0) is 11.8. The Hall–Kier alpha value is -0.650. The number of aliphatic hydroxyl groups is 1. The molecular formula is C10H12ClNO3S. The predicted octanol–water partition coefficient (Wildman–Crippen LogP) is 0.827. The van der Waals surface area contributed by atoms with E-state index in [0.29, 0.717) is 5.02 Å². The fourth-order valence-electron chi connectivity index (χ4n) is 1.94. The van der Waals surface area contributed by atoms with Crippen LogP contribution in [0.5, 0.6) is 0 Å². The van der Waals surface area contributed by atoms with Gasteiger partial charge in [-0.05, 0) is 18.1 Å². The Kier molecular flexibility index (Phi) is 2.94. The zero-order valence-corrected chi connectivity index (χ0v) is 10.1. The third-order valence-electron chi connectivity index (χ3n) is 2.74. The van der Waals surface area contributed by atoms with Crippen molar-refractivity contribution in [2.24, 2.45) is 0 Å². The van der Waals surface area contributed by atoms with Crippen LogP contribution in [0.25, 0.3) is 0 Å². The molecule has 1 aromatic rings. The molecule has 2 rings (SSSR count). The molecule has 1 aliphatic rings. The maximum Gasteiger partial charge on any atom is 0.153 e. The SMILES string of the molecule is O=S1(=O)CCC(O)(Cc2ccncc2Cl)C1. The van der Waals surface area contributed by atoms with E-state index < -0.39 is 15.4 Å². The molecule has 0 bridgehead atoms. The van der Waals surface area contributed by atoms with Gasteiger partial charge in [0, 0.05) is 18.8 Å². The molecular weight excluding hydrogens is 250 g/mol. The lowest BCUT2D eigenvalue weighted by Crippen LogP contribution is -2.32. The summed E-state index contributed by atoms with van der Waals surface area (Å²) in [6.07, 6.45) is 3.60. The van der Waals surface area contributed by atoms with Gasteiger partial charge >= 0.3 is 0 Å². The van der Waals surface area contributed by atoms with E-state index in [0.717, 1.165) is 5.56 Å². The first kappa shape index (κ1) is 11.8. The number of halogens is 1. The van der Waals surface area contributed by atoms with Gasteiger partial charge in [-0.2, -0.15) is 0 Å². The van der Waals surface area contributed by atoms with Crippen LogP contribution in [0, 0.1) is 0 Å². The van der Waals surface area contributed by atoms with Gasteiger partial charge in [-0.1, -0.05) is 11.6 Å². The number of aromatic nitrogens is 1. The summed E-state index contributed by atoms with van der Waals surface area (Å²) in [7, 11) is -3.10. The second-order valence-electron chi connectivity index (χ2n) is 4.21. The van der Waals surface area contributed by atoms with Crippen LogP contribution in [0.1, 0.15) is 12.0 Å². The molecule has 6 heteroatoms. The number of hydrogen-bond donors (Lipinski definition) is 1. The van der Waals surface area contributed by atoms with Crippen molar-refractivity contribution in [3.63, 3.8) is 0 Å². The van der Waals surface area contributed by atoms with E-state index in [9.17, 15) is 13.5 Å². The summed E-state index contributed by atoms with van der Waals surface area (Å²) in [5.41, 5.74) is -0.444. The van der Waals surface area contributed by atoms with Crippen molar-refractivity contribution in [2.75, 3.05) is 11.5 Å².